The van der Waals surface area contributed by atoms with E-state index in [1.54, 1.807) is 17.2 Å². The van der Waals surface area contributed by atoms with Crippen LogP contribution >= 0.6 is 11.3 Å². The van der Waals surface area contributed by atoms with E-state index in [4.69, 9.17) is 9.72 Å². The zero-order valence-corrected chi connectivity index (χ0v) is 23.1. The second kappa shape index (κ2) is 11.1. The van der Waals surface area contributed by atoms with E-state index in [1.165, 1.54) is 23.5 Å². The summed E-state index contributed by atoms with van der Waals surface area (Å²) in [6.45, 7) is 1.28. The van der Waals surface area contributed by atoms with E-state index in [2.05, 4.69) is 4.98 Å². The summed E-state index contributed by atoms with van der Waals surface area (Å²) in [7, 11) is 1.94. The Morgan fingerprint density at radius 1 is 1.18 bits per heavy atom. The topological polar surface area (TPSA) is 97.6 Å². The van der Waals surface area contributed by atoms with E-state index in [-0.39, 0.29) is 30.1 Å². The summed E-state index contributed by atoms with van der Waals surface area (Å²) in [6.07, 6.45) is 7.42. The molecule has 10 heteroatoms. The number of rotatable bonds is 9. The normalized spacial score (nSPS) is 16.8. The first-order chi connectivity index (χ1) is 19.4. The Bertz CT molecular complexity index is 1560. The maximum atomic E-state index is 14.5. The van der Waals surface area contributed by atoms with Gasteiger partial charge in [-0.2, -0.15) is 0 Å². The first-order valence-corrected chi connectivity index (χ1v) is 14.5. The average molecular weight is 563 g/mol. The first kappa shape index (κ1) is 26.6. The Morgan fingerprint density at radius 3 is 2.73 bits per heavy atom. The van der Waals surface area contributed by atoms with Gasteiger partial charge in [-0.05, 0) is 67.9 Å². The number of thiazole rings is 1. The number of ether oxygens (including phenoxy) is 1. The second-order valence-electron chi connectivity index (χ2n) is 10.8. The molecule has 3 aromatic heterocycles. The van der Waals surface area contributed by atoms with Crippen LogP contribution in [-0.4, -0.2) is 50.8 Å². The molecule has 4 heterocycles. The summed E-state index contributed by atoms with van der Waals surface area (Å²) in [6, 6.07) is 8.64. The molecule has 2 fully saturated rings. The van der Waals surface area contributed by atoms with Gasteiger partial charge in [-0.3, -0.25) is 14.5 Å². The fourth-order valence-electron chi connectivity index (χ4n) is 5.61. The van der Waals surface area contributed by atoms with E-state index in [0.29, 0.717) is 36.0 Å². The van der Waals surface area contributed by atoms with Crippen molar-refractivity contribution in [2.45, 2.75) is 44.6 Å². The number of carboxylic acid groups (broad SMARTS) is 1. The number of amides is 1. The molecule has 208 valence electrons. The summed E-state index contributed by atoms with van der Waals surface area (Å²) in [5.41, 5.74) is 3.69. The molecule has 1 saturated carbocycles. The number of aromatic nitrogens is 3. The summed E-state index contributed by atoms with van der Waals surface area (Å²) < 4.78 is 21.9. The summed E-state index contributed by atoms with van der Waals surface area (Å²) >= 11 is 1.33. The van der Waals surface area contributed by atoms with Crippen molar-refractivity contribution in [3.05, 3.63) is 53.9 Å². The van der Waals surface area contributed by atoms with Crippen molar-refractivity contribution in [3.8, 4) is 22.4 Å². The van der Waals surface area contributed by atoms with Gasteiger partial charge in [0.05, 0.1) is 12.1 Å². The number of fused-ring (bicyclic) bond motifs is 1. The predicted octanol–water partition coefficient (Wildman–Crippen LogP) is 5.91. The third-order valence-electron chi connectivity index (χ3n) is 7.85. The predicted molar refractivity (Wildman–Crippen MR) is 152 cm³/mol. The molecule has 1 amide bonds. The molecule has 8 nitrogen and oxygen atoms in total. The van der Waals surface area contributed by atoms with Crippen molar-refractivity contribution in [2.24, 2.45) is 18.9 Å². The molecule has 2 aliphatic rings. The molecule has 0 radical (unpaired) electrons. The molecule has 0 bridgehead atoms. The summed E-state index contributed by atoms with van der Waals surface area (Å²) in [5.74, 6) is -1.90. The lowest BCUT2D eigenvalue weighted by Gasteiger charge is -2.29. The maximum absolute atomic E-state index is 14.5. The highest BCUT2D eigenvalue weighted by atomic mass is 32.1. The highest BCUT2D eigenvalue weighted by Gasteiger charge is 2.40. The number of benzene rings is 1. The van der Waals surface area contributed by atoms with Crippen LogP contribution < -0.4 is 4.90 Å². The fraction of sp³-hybridized carbons (Fsp3) is 0.400. The molecule has 4 aromatic rings. The number of hydrogen-bond acceptors (Lipinski definition) is 6. The van der Waals surface area contributed by atoms with Gasteiger partial charge in [0, 0.05) is 66.5 Å². The van der Waals surface area contributed by atoms with Gasteiger partial charge in [0.25, 0.3) is 0 Å². The Labute approximate surface area is 235 Å². The van der Waals surface area contributed by atoms with Gasteiger partial charge in [-0.25, -0.2) is 14.4 Å². The standard InChI is InChI=1S/C30H31FN4O4S/c1-34-9-6-19-13-21(16-32-28(19)34)24-5-2-22(31)15-25(24)26-17-40-30(33-26)35(23-3-4-23)29(38)20(14-27(36)37)12-18-7-10-39-11-8-18/h2,5-6,9,13,15-18,20,23H,3-4,7-8,10-12,14H2,1H3,(H,36,37). The molecule has 1 aliphatic carbocycles. The number of halogens is 1. The third-order valence-corrected chi connectivity index (χ3v) is 8.69. The molecule has 0 spiro atoms. The molecular weight excluding hydrogens is 531 g/mol. The molecule has 1 N–H and O–H groups in total. The van der Waals surface area contributed by atoms with E-state index >= 15 is 0 Å². The van der Waals surface area contributed by atoms with E-state index < -0.39 is 11.9 Å². The molecular formula is C30H31FN4O4S. The van der Waals surface area contributed by atoms with Crippen LogP contribution in [0.25, 0.3) is 33.4 Å². The average Bonchev–Trinajstić information content (AvgIpc) is 3.54. The number of carbonyl (C=O) groups is 2. The fourth-order valence-corrected chi connectivity index (χ4v) is 6.51. The largest absolute Gasteiger partial charge is 0.481 e. The smallest absolute Gasteiger partial charge is 0.304 e. The van der Waals surface area contributed by atoms with Gasteiger partial charge < -0.3 is 14.4 Å². The quantitative estimate of drug-likeness (QED) is 0.273. The Kier molecular flexibility index (Phi) is 7.37. The van der Waals surface area contributed by atoms with Crippen LogP contribution in [0.4, 0.5) is 9.52 Å². The van der Waals surface area contributed by atoms with Crippen molar-refractivity contribution in [1.82, 2.24) is 14.5 Å². The lowest BCUT2D eigenvalue weighted by molar-refractivity contribution is -0.141. The van der Waals surface area contributed by atoms with Crippen LogP contribution in [0.5, 0.6) is 0 Å². The van der Waals surface area contributed by atoms with E-state index in [9.17, 15) is 19.1 Å². The number of pyridine rings is 1. The van der Waals surface area contributed by atoms with Crippen LogP contribution in [0.15, 0.2) is 48.1 Å². The van der Waals surface area contributed by atoms with E-state index in [0.717, 1.165) is 47.8 Å². The number of nitrogens with zero attached hydrogens (tertiary/aromatic N) is 4. The zero-order valence-electron chi connectivity index (χ0n) is 22.3. The van der Waals surface area contributed by atoms with Gasteiger partial charge in [0.2, 0.25) is 5.91 Å². The molecule has 40 heavy (non-hydrogen) atoms. The van der Waals surface area contributed by atoms with Crippen LogP contribution in [-0.2, 0) is 21.4 Å². The Morgan fingerprint density at radius 2 is 1.98 bits per heavy atom. The van der Waals surface area contributed by atoms with Crippen LogP contribution in [0, 0.1) is 17.7 Å². The Hall–Kier alpha value is -3.63. The van der Waals surface area contributed by atoms with Crippen molar-refractivity contribution < 1.29 is 23.8 Å². The van der Waals surface area contributed by atoms with Gasteiger partial charge >= 0.3 is 5.97 Å². The number of aliphatic carboxylic acids is 1. The molecule has 1 unspecified atom stereocenters. The number of carboxylic acids is 1. The van der Waals surface area contributed by atoms with Crippen molar-refractivity contribution >= 4 is 39.4 Å². The van der Waals surface area contributed by atoms with E-state index in [1.807, 2.05) is 35.3 Å². The molecule has 1 aromatic carbocycles. The number of aryl methyl sites for hydroxylation is 1. The lowest BCUT2D eigenvalue weighted by Crippen LogP contribution is -2.40. The monoisotopic (exact) mass is 562 g/mol. The molecule has 1 atom stereocenters. The SMILES string of the molecule is Cn1ccc2cc(-c3ccc(F)cc3-c3csc(N(C(=O)C(CC(=O)O)CC4CCOCC4)C4CC4)n3)cnc21. The first-order valence-electron chi connectivity index (χ1n) is 13.7. The summed E-state index contributed by atoms with van der Waals surface area (Å²) in [4.78, 5) is 36.7. The van der Waals surface area contributed by atoms with Crippen LogP contribution in [0.2, 0.25) is 0 Å². The van der Waals surface area contributed by atoms with Gasteiger partial charge in [-0.1, -0.05) is 6.07 Å². The van der Waals surface area contributed by atoms with Crippen LogP contribution in [0.3, 0.4) is 0 Å². The molecule has 1 saturated heterocycles. The number of carbonyl (C=O) groups excluding carboxylic acids is 1. The molecule has 6 rings (SSSR count). The van der Waals surface area contributed by atoms with Crippen molar-refractivity contribution in [2.75, 3.05) is 18.1 Å². The van der Waals surface area contributed by atoms with Crippen LogP contribution in [0.1, 0.15) is 38.5 Å². The molecule has 1 aliphatic heterocycles. The minimum Gasteiger partial charge on any atom is -0.481 e. The lowest BCUT2D eigenvalue weighted by atomic mass is 9.86. The summed E-state index contributed by atoms with van der Waals surface area (Å²) in [5, 5.41) is 13.0. The maximum Gasteiger partial charge on any atom is 0.304 e. The van der Waals surface area contributed by atoms with Gasteiger partial charge in [0.1, 0.15) is 11.5 Å². The zero-order chi connectivity index (χ0) is 27.8. The number of anilines is 1. The minimum atomic E-state index is -0.977. The Balaban J connectivity index is 1.32. The van der Waals surface area contributed by atoms with Crippen molar-refractivity contribution in [1.29, 1.82) is 0 Å². The third kappa shape index (κ3) is 5.51. The highest BCUT2D eigenvalue weighted by Crippen LogP contribution is 2.40. The minimum absolute atomic E-state index is 0.00847. The van der Waals surface area contributed by atoms with Gasteiger partial charge in [-0.15, -0.1) is 11.3 Å². The second-order valence-corrected chi connectivity index (χ2v) is 11.6. The highest BCUT2D eigenvalue weighted by molar-refractivity contribution is 7.14. The van der Waals surface area contributed by atoms with Gasteiger partial charge in [0.15, 0.2) is 5.13 Å². The van der Waals surface area contributed by atoms with Crippen molar-refractivity contribution in [3.63, 3.8) is 0 Å². The number of hydrogen-bond donors (Lipinski definition) is 1.